The Bertz CT molecular complexity index is 700. The first-order chi connectivity index (χ1) is 11.2. The van der Waals surface area contributed by atoms with E-state index in [1.165, 1.54) is 0 Å². The molecule has 1 aliphatic heterocycles. The topological polar surface area (TPSA) is 55.3 Å². The first kappa shape index (κ1) is 15.4. The molecule has 1 aliphatic rings. The number of ether oxygens (including phenoxy) is 1. The van der Waals surface area contributed by atoms with Crippen molar-refractivity contribution in [1.82, 2.24) is 14.9 Å². The van der Waals surface area contributed by atoms with Gasteiger partial charge in [0.2, 0.25) is 5.91 Å². The summed E-state index contributed by atoms with van der Waals surface area (Å²) < 4.78 is 5.72. The van der Waals surface area contributed by atoms with Crippen LogP contribution < -0.4 is 0 Å². The number of carbonyl (C=O) groups excluding carboxylic acids is 1. The number of hydrogen-bond acceptors (Lipinski definition) is 4. The molecule has 1 aromatic carbocycles. The van der Waals surface area contributed by atoms with Crippen molar-refractivity contribution in [2.24, 2.45) is 0 Å². The van der Waals surface area contributed by atoms with Crippen LogP contribution in [-0.4, -0.2) is 40.5 Å². The molecular weight excluding hydrogens is 290 g/mol. The highest BCUT2D eigenvalue weighted by Gasteiger charge is 2.26. The van der Waals surface area contributed by atoms with Gasteiger partial charge in [-0.3, -0.25) is 4.79 Å². The lowest BCUT2D eigenvalue weighted by molar-refractivity contribution is -0.134. The van der Waals surface area contributed by atoms with E-state index >= 15 is 0 Å². The van der Waals surface area contributed by atoms with Crippen LogP contribution in [0.1, 0.15) is 23.2 Å². The molecule has 0 aliphatic carbocycles. The van der Waals surface area contributed by atoms with E-state index in [9.17, 15) is 4.79 Å². The molecule has 1 fully saturated rings. The van der Waals surface area contributed by atoms with E-state index in [-0.39, 0.29) is 12.0 Å². The molecule has 1 aromatic heterocycles. The van der Waals surface area contributed by atoms with Gasteiger partial charge in [0.15, 0.2) is 5.82 Å². The van der Waals surface area contributed by atoms with Gasteiger partial charge in [-0.15, -0.1) is 0 Å². The van der Waals surface area contributed by atoms with E-state index in [1.807, 2.05) is 49.4 Å². The first-order valence-corrected chi connectivity index (χ1v) is 7.65. The highest BCUT2D eigenvalue weighted by atomic mass is 16.5. The van der Waals surface area contributed by atoms with E-state index in [1.54, 1.807) is 17.2 Å². The molecule has 23 heavy (non-hydrogen) atoms. The molecule has 3 rings (SSSR count). The molecule has 1 saturated heterocycles. The summed E-state index contributed by atoms with van der Waals surface area (Å²) in [6.07, 6.45) is 4.89. The number of benzene rings is 1. The fraction of sp³-hybridized carbons (Fsp3) is 0.278. The number of nitrogens with zero attached hydrogens (tertiary/aromatic N) is 3. The minimum atomic E-state index is -0.266. The van der Waals surface area contributed by atoms with E-state index < -0.39 is 0 Å². The van der Waals surface area contributed by atoms with Gasteiger partial charge in [-0.05, 0) is 24.6 Å². The minimum Gasteiger partial charge on any atom is -0.367 e. The van der Waals surface area contributed by atoms with Crippen LogP contribution in [0.5, 0.6) is 0 Å². The number of amides is 1. The van der Waals surface area contributed by atoms with E-state index in [4.69, 9.17) is 4.74 Å². The Balaban J connectivity index is 1.66. The fourth-order valence-electron chi connectivity index (χ4n) is 2.47. The Labute approximate surface area is 135 Å². The van der Waals surface area contributed by atoms with Crippen LogP contribution in [0.25, 0.3) is 6.08 Å². The van der Waals surface area contributed by atoms with Crippen LogP contribution in [0.3, 0.4) is 0 Å². The van der Waals surface area contributed by atoms with Gasteiger partial charge in [0.1, 0.15) is 6.10 Å². The number of rotatable bonds is 3. The lowest BCUT2D eigenvalue weighted by atomic mass is 10.2. The zero-order valence-corrected chi connectivity index (χ0v) is 13.1. The number of hydrogen-bond donors (Lipinski definition) is 0. The Hall–Kier alpha value is -2.53. The van der Waals surface area contributed by atoms with Gasteiger partial charge in [0, 0.05) is 24.5 Å². The third-order valence-electron chi connectivity index (χ3n) is 3.70. The van der Waals surface area contributed by atoms with Gasteiger partial charge in [-0.25, -0.2) is 9.97 Å². The third-order valence-corrected chi connectivity index (χ3v) is 3.70. The maximum absolute atomic E-state index is 12.4. The van der Waals surface area contributed by atoms with Crippen LogP contribution >= 0.6 is 0 Å². The fourth-order valence-corrected chi connectivity index (χ4v) is 2.47. The normalized spacial score (nSPS) is 18.3. The summed E-state index contributed by atoms with van der Waals surface area (Å²) in [6.45, 7) is 3.47. The average Bonchev–Trinajstić information content (AvgIpc) is 2.61. The van der Waals surface area contributed by atoms with Crippen molar-refractivity contribution < 1.29 is 9.53 Å². The van der Waals surface area contributed by atoms with Crippen molar-refractivity contribution in [1.29, 1.82) is 0 Å². The summed E-state index contributed by atoms with van der Waals surface area (Å²) in [5.74, 6) is 0.615. The molecule has 0 bridgehead atoms. The standard InChI is InChI=1S/C18H19N3O2/c1-14-9-10-19-18(20-14)16-13-21(11-12-23-16)17(22)8-7-15-5-3-2-4-6-15/h2-10,16H,11-13H2,1H3/b8-7+/t16-/m1/s1. The summed E-state index contributed by atoms with van der Waals surface area (Å²) >= 11 is 0. The summed E-state index contributed by atoms with van der Waals surface area (Å²) in [5, 5.41) is 0. The van der Waals surface area contributed by atoms with Crippen LogP contribution in [0.15, 0.2) is 48.7 Å². The van der Waals surface area contributed by atoms with Crippen molar-refractivity contribution in [3.8, 4) is 0 Å². The summed E-state index contributed by atoms with van der Waals surface area (Å²) in [6, 6.07) is 11.6. The molecule has 5 heteroatoms. The number of aromatic nitrogens is 2. The predicted molar refractivity (Wildman–Crippen MR) is 87.5 cm³/mol. The molecule has 2 aromatic rings. The second-order valence-electron chi connectivity index (χ2n) is 5.44. The molecule has 0 unspecified atom stereocenters. The molecule has 118 valence electrons. The lowest BCUT2D eigenvalue weighted by Crippen LogP contribution is -2.42. The molecule has 1 atom stereocenters. The van der Waals surface area contributed by atoms with Crippen molar-refractivity contribution >= 4 is 12.0 Å². The van der Waals surface area contributed by atoms with Crippen molar-refractivity contribution in [2.75, 3.05) is 19.7 Å². The summed E-state index contributed by atoms with van der Waals surface area (Å²) in [5.41, 5.74) is 1.90. The monoisotopic (exact) mass is 309 g/mol. The molecule has 0 saturated carbocycles. The molecule has 5 nitrogen and oxygen atoms in total. The van der Waals surface area contributed by atoms with Crippen LogP contribution in [0, 0.1) is 6.92 Å². The van der Waals surface area contributed by atoms with Gasteiger partial charge in [-0.1, -0.05) is 30.3 Å². The van der Waals surface area contributed by atoms with Crippen molar-refractivity contribution in [3.63, 3.8) is 0 Å². The maximum atomic E-state index is 12.4. The van der Waals surface area contributed by atoms with E-state index in [2.05, 4.69) is 9.97 Å². The average molecular weight is 309 g/mol. The number of carbonyl (C=O) groups is 1. The van der Waals surface area contributed by atoms with Crippen molar-refractivity contribution in [3.05, 3.63) is 65.8 Å². The second-order valence-corrected chi connectivity index (χ2v) is 5.44. The summed E-state index contributed by atoms with van der Waals surface area (Å²) in [4.78, 5) is 22.8. The Morgan fingerprint density at radius 2 is 2.13 bits per heavy atom. The van der Waals surface area contributed by atoms with E-state index in [0.717, 1.165) is 11.3 Å². The zero-order chi connectivity index (χ0) is 16.1. The van der Waals surface area contributed by atoms with Gasteiger partial charge >= 0.3 is 0 Å². The molecule has 0 radical (unpaired) electrons. The number of morpholine rings is 1. The highest BCUT2D eigenvalue weighted by Crippen LogP contribution is 2.19. The molecule has 0 spiro atoms. The van der Waals surface area contributed by atoms with Gasteiger partial charge in [0.05, 0.1) is 13.2 Å². The molecular formula is C18H19N3O2. The third kappa shape index (κ3) is 4.02. The highest BCUT2D eigenvalue weighted by molar-refractivity contribution is 5.91. The quantitative estimate of drug-likeness (QED) is 0.817. The van der Waals surface area contributed by atoms with Crippen LogP contribution in [-0.2, 0) is 9.53 Å². The van der Waals surface area contributed by atoms with Crippen LogP contribution in [0.2, 0.25) is 0 Å². The number of aryl methyl sites for hydroxylation is 1. The molecule has 0 N–H and O–H groups in total. The minimum absolute atomic E-state index is 0.0187. The lowest BCUT2D eigenvalue weighted by Gasteiger charge is -2.31. The molecule has 2 heterocycles. The largest absolute Gasteiger partial charge is 0.367 e. The van der Waals surface area contributed by atoms with Gasteiger partial charge < -0.3 is 9.64 Å². The zero-order valence-electron chi connectivity index (χ0n) is 13.1. The molecule has 1 amide bonds. The van der Waals surface area contributed by atoms with Gasteiger partial charge in [-0.2, -0.15) is 0 Å². The first-order valence-electron chi connectivity index (χ1n) is 7.65. The Kier molecular flexibility index (Phi) is 4.78. The maximum Gasteiger partial charge on any atom is 0.246 e. The Morgan fingerprint density at radius 3 is 2.91 bits per heavy atom. The SMILES string of the molecule is Cc1ccnc([C@H]2CN(C(=O)/C=C/c3ccccc3)CCO2)n1. The summed E-state index contributed by atoms with van der Waals surface area (Å²) in [7, 11) is 0. The van der Waals surface area contributed by atoms with Crippen molar-refractivity contribution in [2.45, 2.75) is 13.0 Å². The smallest absolute Gasteiger partial charge is 0.246 e. The van der Waals surface area contributed by atoms with Crippen LogP contribution in [0.4, 0.5) is 0 Å². The predicted octanol–water partition coefficient (Wildman–Crippen LogP) is 2.40. The Morgan fingerprint density at radius 1 is 1.30 bits per heavy atom. The van der Waals surface area contributed by atoms with E-state index in [0.29, 0.717) is 25.5 Å². The van der Waals surface area contributed by atoms with Gasteiger partial charge in [0.25, 0.3) is 0 Å². The second kappa shape index (κ2) is 7.15.